The summed E-state index contributed by atoms with van der Waals surface area (Å²) in [6.45, 7) is 0. The van der Waals surface area contributed by atoms with Gasteiger partial charge in [0.1, 0.15) is 0 Å². The van der Waals surface area contributed by atoms with Gasteiger partial charge in [0.15, 0.2) is 0 Å². The molecular weight excluding hydrogens is 309 g/mol. The molecule has 0 saturated heterocycles. The Hall–Kier alpha value is -0.450. The van der Waals surface area contributed by atoms with Crippen molar-refractivity contribution < 1.29 is 13.2 Å². The molecular formula is C11H7Cl3F3N. The molecule has 0 amide bonds. The van der Waals surface area contributed by atoms with E-state index in [0.29, 0.717) is 5.56 Å². The summed E-state index contributed by atoms with van der Waals surface area (Å²) in [5, 5.41) is 0.386. The molecule has 0 fully saturated rings. The SMILES string of the molecule is FC(F)(F)C1CC=NC1c1cc(Cl)c(Cl)c(Cl)c1. The van der Waals surface area contributed by atoms with Crippen LogP contribution in [0.3, 0.4) is 0 Å². The van der Waals surface area contributed by atoms with Crippen LogP contribution in [0.15, 0.2) is 17.1 Å². The number of aliphatic imine (C=N–C) groups is 1. The maximum absolute atomic E-state index is 12.8. The molecule has 7 heteroatoms. The van der Waals surface area contributed by atoms with Crippen LogP contribution in [-0.2, 0) is 0 Å². The highest BCUT2D eigenvalue weighted by atomic mass is 35.5. The van der Waals surface area contributed by atoms with Crippen LogP contribution < -0.4 is 0 Å². The molecule has 18 heavy (non-hydrogen) atoms. The molecule has 1 aliphatic rings. The number of rotatable bonds is 1. The fraction of sp³-hybridized carbons (Fsp3) is 0.364. The van der Waals surface area contributed by atoms with Crippen molar-refractivity contribution in [2.75, 3.05) is 0 Å². The van der Waals surface area contributed by atoms with E-state index in [0.717, 1.165) is 0 Å². The number of hydrogen-bond acceptors (Lipinski definition) is 1. The summed E-state index contributed by atoms with van der Waals surface area (Å²) in [6.07, 6.45) is -3.16. The third-order valence-corrected chi connectivity index (χ3v) is 3.97. The van der Waals surface area contributed by atoms with Gasteiger partial charge in [-0.2, -0.15) is 13.2 Å². The van der Waals surface area contributed by atoms with Crippen LogP contribution in [0.1, 0.15) is 18.0 Å². The number of benzene rings is 1. The molecule has 2 rings (SSSR count). The molecule has 0 saturated carbocycles. The van der Waals surface area contributed by atoms with Crippen molar-refractivity contribution in [2.24, 2.45) is 10.9 Å². The van der Waals surface area contributed by atoms with E-state index in [2.05, 4.69) is 4.99 Å². The van der Waals surface area contributed by atoms with Gasteiger partial charge in [0.05, 0.1) is 27.0 Å². The number of hydrogen-bond donors (Lipinski definition) is 0. The lowest BCUT2D eigenvalue weighted by atomic mass is 9.93. The minimum absolute atomic E-state index is 0.127. The average Bonchev–Trinajstić information content (AvgIpc) is 2.73. The Labute approximate surface area is 117 Å². The fourth-order valence-electron chi connectivity index (χ4n) is 1.90. The average molecular weight is 317 g/mol. The summed E-state index contributed by atoms with van der Waals surface area (Å²) >= 11 is 17.4. The van der Waals surface area contributed by atoms with Crippen LogP contribution in [0, 0.1) is 5.92 Å². The number of nitrogens with zero attached hydrogens (tertiary/aromatic N) is 1. The van der Waals surface area contributed by atoms with E-state index in [1.54, 1.807) is 0 Å². The molecule has 0 aliphatic carbocycles. The Balaban J connectivity index is 2.40. The quantitative estimate of drug-likeness (QED) is 0.620. The first-order chi connectivity index (χ1) is 8.30. The Morgan fingerprint density at radius 3 is 2.17 bits per heavy atom. The van der Waals surface area contributed by atoms with Crippen LogP contribution in [0.2, 0.25) is 15.1 Å². The van der Waals surface area contributed by atoms with Gasteiger partial charge in [-0.05, 0) is 24.1 Å². The lowest BCUT2D eigenvalue weighted by Crippen LogP contribution is -2.25. The second-order valence-electron chi connectivity index (χ2n) is 3.96. The van der Waals surface area contributed by atoms with Crippen molar-refractivity contribution in [1.82, 2.24) is 0 Å². The normalized spacial score (nSPS) is 23.7. The van der Waals surface area contributed by atoms with Crippen LogP contribution in [0.25, 0.3) is 0 Å². The Morgan fingerprint density at radius 2 is 1.67 bits per heavy atom. The predicted molar refractivity (Wildman–Crippen MR) is 66.9 cm³/mol. The standard InChI is InChI=1S/C11H7Cl3F3N/c12-7-3-5(4-8(13)9(7)14)10-6(1-2-18-10)11(15,16)17/h2-4,6,10H,1H2. The molecule has 1 aliphatic heterocycles. The first kappa shape index (κ1) is 14.0. The highest BCUT2D eigenvalue weighted by Gasteiger charge is 2.46. The van der Waals surface area contributed by atoms with Gasteiger partial charge >= 0.3 is 6.18 Å². The van der Waals surface area contributed by atoms with E-state index in [1.165, 1.54) is 18.3 Å². The highest BCUT2D eigenvalue weighted by molar-refractivity contribution is 6.48. The van der Waals surface area contributed by atoms with E-state index >= 15 is 0 Å². The second kappa shape index (κ2) is 4.91. The Kier molecular flexibility index (Phi) is 3.81. The highest BCUT2D eigenvalue weighted by Crippen LogP contribution is 2.45. The largest absolute Gasteiger partial charge is 0.394 e. The van der Waals surface area contributed by atoms with Gasteiger partial charge in [0.25, 0.3) is 0 Å². The van der Waals surface area contributed by atoms with Crippen molar-refractivity contribution >= 4 is 41.0 Å². The summed E-state index contributed by atoms with van der Waals surface area (Å²) in [4.78, 5) is 3.86. The first-order valence-corrected chi connectivity index (χ1v) is 6.17. The van der Waals surface area contributed by atoms with Gasteiger partial charge in [-0.15, -0.1) is 0 Å². The molecule has 0 spiro atoms. The zero-order valence-electron chi connectivity index (χ0n) is 8.81. The summed E-state index contributed by atoms with van der Waals surface area (Å²) in [7, 11) is 0. The van der Waals surface area contributed by atoms with Gasteiger partial charge in [0, 0.05) is 6.21 Å². The molecule has 0 aromatic heterocycles. The lowest BCUT2D eigenvalue weighted by molar-refractivity contribution is -0.176. The maximum atomic E-state index is 12.8. The van der Waals surface area contributed by atoms with E-state index in [9.17, 15) is 13.2 Å². The Morgan fingerprint density at radius 1 is 1.11 bits per heavy atom. The summed E-state index contributed by atoms with van der Waals surface area (Å²) in [5.41, 5.74) is 0.325. The smallest absolute Gasteiger partial charge is 0.289 e. The molecule has 2 atom stereocenters. The molecule has 1 nitrogen and oxygen atoms in total. The van der Waals surface area contributed by atoms with Crippen molar-refractivity contribution in [3.63, 3.8) is 0 Å². The van der Waals surface area contributed by atoms with Gasteiger partial charge in [-0.25, -0.2) is 0 Å². The van der Waals surface area contributed by atoms with Gasteiger partial charge in [-0.3, -0.25) is 4.99 Å². The molecule has 2 unspecified atom stereocenters. The predicted octanol–water partition coefficient (Wildman–Crippen LogP) is 5.34. The maximum Gasteiger partial charge on any atom is 0.394 e. The second-order valence-corrected chi connectivity index (χ2v) is 5.15. The van der Waals surface area contributed by atoms with Gasteiger partial charge in [-0.1, -0.05) is 34.8 Å². The van der Waals surface area contributed by atoms with E-state index in [4.69, 9.17) is 34.8 Å². The third kappa shape index (κ3) is 2.60. The number of alkyl halides is 3. The van der Waals surface area contributed by atoms with E-state index < -0.39 is 18.1 Å². The van der Waals surface area contributed by atoms with Gasteiger partial charge in [0.2, 0.25) is 0 Å². The zero-order valence-corrected chi connectivity index (χ0v) is 11.1. The molecule has 98 valence electrons. The monoisotopic (exact) mass is 315 g/mol. The first-order valence-electron chi connectivity index (χ1n) is 5.03. The summed E-state index contributed by atoms with van der Waals surface area (Å²) < 4.78 is 38.4. The summed E-state index contributed by atoms with van der Waals surface area (Å²) in [5.74, 6) is -1.54. The molecule has 1 aromatic rings. The number of halogens is 6. The molecule has 0 radical (unpaired) electrons. The van der Waals surface area contributed by atoms with E-state index in [1.807, 2.05) is 0 Å². The summed E-state index contributed by atoms with van der Waals surface area (Å²) in [6, 6.07) is 1.75. The Bertz CT molecular complexity index is 476. The minimum atomic E-state index is -4.31. The lowest BCUT2D eigenvalue weighted by Gasteiger charge is -2.21. The fourth-order valence-corrected chi connectivity index (χ4v) is 2.51. The van der Waals surface area contributed by atoms with Gasteiger partial charge < -0.3 is 0 Å². The van der Waals surface area contributed by atoms with Crippen molar-refractivity contribution in [1.29, 1.82) is 0 Å². The zero-order chi connectivity index (χ0) is 13.5. The van der Waals surface area contributed by atoms with Crippen molar-refractivity contribution in [3.8, 4) is 0 Å². The third-order valence-electron chi connectivity index (χ3n) is 2.77. The van der Waals surface area contributed by atoms with Crippen LogP contribution in [-0.4, -0.2) is 12.4 Å². The molecule has 1 heterocycles. The van der Waals surface area contributed by atoms with Crippen LogP contribution in [0.5, 0.6) is 0 Å². The van der Waals surface area contributed by atoms with E-state index in [-0.39, 0.29) is 21.5 Å². The molecule has 1 aromatic carbocycles. The van der Waals surface area contributed by atoms with Crippen molar-refractivity contribution in [3.05, 3.63) is 32.8 Å². The van der Waals surface area contributed by atoms with Crippen LogP contribution >= 0.6 is 34.8 Å². The molecule has 0 bridgehead atoms. The minimum Gasteiger partial charge on any atom is -0.289 e. The topological polar surface area (TPSA) is 12.4 Å². The van der Waals surface area contributed by atoms with Crippen molar-refractivity contribution in [2.45, 2.75) is 18.6 Å². The molecule has 0 N–H and O–H groups in total. The van der Waals surface area contributed by atoms with Crippen LogP contribution in [0.4, 0.5) is 13.2 Å².